The number of halogens is 1. The van der Waals surface area contributed by atoms with E-state index in [1.165, 1.54) is 12.1 Å². The van der Waals surface area contributed by atoms with Gasteiger partial charge in [0.25, 0.3) is 5.91 Å². The smallest absolute Gasteiger partial charge is 0.254 e. The lowest BCUT2D eigenvalue weighted by Gasteiger charge is -2.38. The summed E-state index contributed by atoms with van der Waals surface area (Å²) in [4.78, 5) is 15.4. The summed E-state index contributed by atoms with van der Waals surface area (Å²) in [5, 5.41) is 0. The summed E-state index contributed by atoms with van der Waals surface area (Å²) in [6, 6.07) is 17.5. The van der Waals surface area contributed by atoms with Crippen LogP contribution in [0.15, 0.2) is 60.7 Å². The van der Waals surface area contributed by atoms with Gasteiger partial charge in [-0.3, -0.25) is 4.79 Å². The van der Waals surface area contributed by atoms with Gasteiger partial charge in [0, 0.05) is 12.1 Å². The lowest BCUT2D eigenvalue weighted by molar-refractivity contribution is 0.0693. The second kappa shape index (κ2) is 8.19. The molecule has 0 spiro atoms. The van der Waals surface area contributed by atoms with Crippen molar-refractivity contribution in [3.63, 3.8) is 0 Å². The normalized spacial score (nSPS) is 15.5. The van der Waals surface area contributed by atoms with Gasteiger partial charge in [0.05, 0.1) is 20.3 Å². The van der Waals surface area contributed by atoms with Crippen LogP contribution in [-0.4, -0.2) is 31.6 Å². The van der Waals surface area contributed by atoms with Crippen LogP contribution in [-0.2, 0) is 6.42 Å². The number of carbonyl (C=O) groups excluding carboxylic acids is 1. The first-order valence-corrected chi connectivity index (χ1v) is 9.90. The number of benzene rings is 3. The molecule has 154 valence electrons. The lowest BCUT2D eigenvalue weighted by atomic mass is 9.87. The number of aryl methyl sites for hydroxylation is 1. The molecule has 30 heavy (non-hydrogen) atoms. The third-order valence-electron chi connectivity index (χ3n) is 5.70. The molecule has 0 aliphatic carbocycles. The molecular formula is C25H24FNO3. The highest BCUT2D eigenvalue weighted by atomic mass is 19.1. The summed E-state index contributed by atoms with van der Waals surface area (Å²) >= 11 is 0. The molecule has 4 nitrogen and oxygen atoms in total. The highest BCUT2D eigenvalue weighted by Gasteiger charge is 2.34. The second-order valence-corrected chi connectivity index (χ2v) is 7.42. The SMILES string of the molecule is COc1cc2c(cc1OC)[C@@H](c1ccc(F)cc1)N(C(=O)c1ccccc1C)CC2. The van der Waals surface area contributed by atoms with Crippen LogP contribution >= 0.6 is 0 Å². The first-order chi connectivity index (χ1) is 14.5. The van der Waals surface area contributed by atoms with Gasteiger partial charge in [0.15, 0.2) is 11.5 Å². The molecule has 0 saturated carbocycles. The summed E-state index contributed by atoms with van der Waals surface area (Å²) in [6.45, 7) is 2.49. The van der Waals surface area contributed by atoms with Crippen molar-refractivity contribution >= 4 is 5.91 Å². The van der Waals surface area contributed by atoms with Crippen molar-refractivity contribution in [2.75, 3.05) is 20.8 Å². The molecule has 1 heterocycles. The minimum absolute atomic E-state index is 0.0390. The Morgan fingerprint density at radius 3 is 2.33 bits per heavy atom. The van der Waals surface area contributed by atoms with Crippen LogP contribution in [0, 0.1) is 12.7 Å². The van der Waals surface area contributed by atoms with E-state index in [0.717, 1.165) is 22.3 Å². The zero-order valence-electron chi connectivity index (χ0n) is 17.3. The van der Waals surface area contributed by atoms with Gasteiger partial charge in [0.1, 0.15) is 5.82 Å². The van der Waals surface area contributed by atoms with E-state index in [4.69, 9.17) is 9.47 Å². The Bertz CT molecular complexity index is 1080. The molecule has 5 heteroatoms. The van der Waals surface area contributed by atoms with Crippen LogP contribution in [0.1, 0.15) is 38.7 Å². The minimum atomic E-state index is -0.346. The predicted molar refractivity (Wildman–Crippen MR) is 114 cm³/mol. The van der Waals surface area contributed by atoms with E-state index < -0.39 is 0 Å². The van der Waals surface area contributed by atoms with E-state index in [-0.39, 0.29) is 17.8 Å². The van der Waals surface area contributed by atoms with Gasteiger partial charge in [-0.25, -0.2) is 4.39 Å². The quantitative estimate of drug-likeness (QED) is 0.617. The Kier molecular flexibility index (Phi) is 5.44. The molecule has 0 bridgehead atoms. The van der Waals surface area contributed by atoms with Crippen molar-refractivity contribution in [2.45, 2.75) is 19.4 Å². The second-order valence-electron chi connectivity index (χ2n) is 7.42. The zero-order valence-corrected chi connectivity index (χ0v) is 17.3. The highest BCUT2D eigenvalue weighted by molar-refractivity contribution is 5.96. The third kappa shape index (κ3) is 3.52. The average molecular weight is 405 g/mol. The Hall–Kier alpha value is -3.34. The molecule has 0 unspecified atom stereocenters. The fraction of sp³-hybridized carbons (Fsp3) is 0.240. The topological polar surface area (TPSA) is 38.8 Å². The number of hydrogen-bond acceptors (Lipinski definition) is 3. The van der Waals surface area contributed by atoms with E-state index in [2.05, 4.69) is 0 Å². The monoisotopic (exact) mass is 405 g/mol. The van der Waals surface area contributed by atoms with Crippen molar-refractivity contribution in [2.24, 2.45) is 0 Å². The maximum atomic E-state index is 13.6. The average Bonchev–Trinajstić information content (AvgIpc) is 2.77. The number of hydrogen-bond donors (Lipinski definition) is 0. The van der Waals surface area contributed by atoms with Crippen molar-refractivity contribution in [1.29, 1.82) is 0 Å². The molecule has 1 aliphatic rings. The summed E-state index contributed by atoms with van der Waals surface area (Å²) in [6.07, 6.45) is 0.699. The van der Waals surface area contributed by atoms with Gasteiger partial charge in [-0.1, -0.05) is 30.3 Å². The van der Waals surface area contributed by atoms with Crippen molar-refractivity contribution in [3.05, 3.63) is 94.3 Å². The molecule has 0 saturated heterocycles. The van der Waals surface area contributed by atoms with Crippen LogP contribution in [0.4, 0.5) is 4.39 Å². The molecule has 3 aromatic carbocycles. The summed E-state index contributed by atoms with van der Waals surface area (Å²) in [7, 11) is 3.20. The molecule has 4 rings (SSSR count). The summed E-state index contributed by atoms with van der Waals surface area (Å²) < 4.78 is 24.6. The Balaban J connectivity index is 1.86. The minimum Gasteiger partial charge on any atom is -0.493 e. The van der Waals surface area contributed by atoms with E-state index in [1.54, 1.807) is 26.4 Å². The van der Waals surface area contributed by atoms with Gasteiger partial charge >= 0.3 is 0 Å². The van der Waals surface area contributed by atoms with Crippen LogP contribution in [0.2, 0.25) is 0 Å². The largest absolute Gasteiger partial charge is 0.493 e. The van der Waals surface area contributed by atoms with Gasteiger partial charge in [-0.2, -0.15) is 0 Å². The number of amides is 1. The highest BCUT2D eigenvalue weighted by Crippen LogP contribution is 2.41. The molecule has 1 aliphatic heterocycles. The number of rotatable bonds is 4. The van der Waals surface area contributed by atoms with E-state index >= 15 is 0 Å². The maximum Gasteiger partial charge on any atom is 0.254 e. The molecule has 0 N–H and O–H groups in total. The standard InChI is InChI=1S/C25H24FNO3/c1-16-6-4-5-7-20(16)25(28)27-13-12-18-14-22(29-2)23(30-3)15-21(18)24(27)17-8-10-19(26)11-9-17/h4-11,14-15,24H,12-13H2,1-3H3/t24-/m1/s1. The zero-order chi connectivity index (χ0) is 21.3. The summed E-state index contributed by atoms with van der Waals surface area (Å²) in [5.41, 5.74) is 4.52. The molecule has 1 atom stereocenters. The number of methoxy groups -OCH3 is 2. The number of carbonyl (C=O) groups is 1. The first-order valence-electron chi connectivity index (χ1n) is 9.90. The molecular weight excluding hydrogens is 381 g/mol. The Morgan fingerprint density at radius 1 is 1.00 bits per heavy atom. The van der Waals surface area contributed by atoms with Gasteiger partial charge in [0.2, 0.25) is 0 Å². The van der Waals surface area contributed by atoms with Crippen molar-refractivity contribution in [1.82, 2.24) is 4.90 Å². The van der Waals surface area contributed by atoms with E-state index in [1.807, 2.05) is 48.2 Å². The number of nitrogens with zero attached hydrogens (tertiary/aromatic N) is 1. The Labute approximate surface area is 175 Å². The van der Waals surface area contributed by atoms with Crippen molar-refractivity contribution in [3.8, 4) is 11.5 Å². The molecule has 0 aromatic heterocycles. The first kappa shape index (κ1) is 20.0. The number of fused-ring (bicyclic) bond motifs is 1. The van der Waals surface area contributed by atoms with Crippen LogP contribution in [0.5, 0.6) is 11.5 Å². The molecule has 3 aromatic rings. The molecule has 0 radical (unpaired) electrons. The van der Waals surface area contributed by atoms with Crippen LogP contribution < -0.4 is 9.47 Å². The maximum absolute atomic E-state index is 13.6. The van der Waals surface area contributed by atoms with Crippen LogP contribution in [0.25, 0.3) is 0 Å². The molecule has 0 fully saturated rings. The predicted octanol–water partition coefficient (Wildman–Crippen LogP) is 4.94. The van der Waals surface area contributed by atoms with E-state index in [0.29, 0.717) is 30.0 Å². The van der Waals surface area contributed by atoms with Crippen LogP contribution in [0.3, 0.4) is 0 Å². The van der Waals surface area contributed by atoms with Crippen molar-refractivity contribution < 1.29 is 18.7 Å². The molecule has 1 amide bonds. The van der Waals surface area contributed by atoms with Gasteiger partial charge in [-0.15, -0.1) is 0 Å². The van der Waals surface area contributed by atoms with E-state index in [9.17, 15) is 9.18 Å². The van der Waals surface area contributed by atoms with Gasteiger partial charge < -0.3 is 14.4 Å². The lowest BCUT2D eigenvalue weighted by Crippen LogP contribution is -2.41. The van der Waals surface area contributed by atoms with Gasteiger partial charge in [-0.05, 0) is 65.9 Å². The third-order valence-corrected chi connectivity index (χ3v) is 5.70. The Morgan fingerprint density at radius 2 is 1.67 bits per heavy atom. The summed E-state index contributed by atoms with van der Waals surface area (Å²) in [5.74, 6) is 0.920. The fourth-order valence-corrected chi connectivity index (χ4v) is 4.14. The number of ether oxygens (including phenoxy) is 2. The fourth-order valence-electron chi connectivity index (χ4n) is 4.14.